The Balaban J connectivity index is 2.60. The van der Waals surface area contributed by atoms with Crippen molar-refractivity contribution in [3.63, 3.8) is 0 Å². The van der Waals surface area contributed by atoms with Crippen molar-refractivity contribution < 1.29 is 23.1 Å². The van der Waals surface area contributed by atoms with Crippen LogP contribution in [0.15, 0.2) is 10.5 Å². The maximum absolute atomic E-state index is 11.3. The van der Waals surface area contributed by atoms with Crippen LogP contribution >= 0.6 is 15.9 Å². The van der Waals surface area contributed by atoms with E-state index >= 15 is 0 Å². The van der Waals surface area contributed by atoms with Crippen LogP contribution in [0.1, 0.15) is 27.9 Å². The molecule has 0 bridgehead atoms. The molecule has 2 rings (SSSR count). The number of ether oxygens (including phenoxy) is 1. The second-order valence-electron chi connectivity index (χ2n) is 4.34. The minimum atomic E-state index is -3.86. The molecule has 0 aromatic heterocycles. The van der Waals surface area contributed by atoms with Crippen molar-refractivity contribution in [2.24, 2.45) is 5.14 Å². The van der Waals surface area contributed by atoms with Gasteiger partial charge in [-0.3, -0.25) is 0 Å². The average molecular weight is 350 g/mol. The second-order valence-corrected chi connectivity index (χ2v) is 6.84. The number of fused-ring (bicyclic) bond motifs is 1. The summed E-state index contributed by atoms with van der Waals surface area (Å²) in [5.74, 6) is -1.09. The third kappa shape index (κ3) is 2.60. The van der Waals surface area contributed by atoms with Crippen LogP contribution in [0.3, 0.4) is 0 Å². The first-order chi connectivity index (χ1) is 8.71. The van der Waals surface area contributed by atoms with Gasteiger partial charge in [-0.2, -0.15) is 0 Å². The fourth-order valence-electron chi connectivity index (χ4n) is 2.05. The standard InChI is InChI=1S/C11H12BrNO5S/c1-5-4-7(11(14)15)10-6(9(5)12)2-3-8(18-10)19(13,16)17/h4,8H,2-3H2,1H3,(H,14,15)(H2,13,16,17). The Labute approximate surface area is 118 Å². The summed E-state index contributed by atoms with van der Waals surface area (Å²) in [5.41, 5.74) is 0.169. The number of hydrogen-bond donors (Lipinski definition) is 2. The molecule has 1 atom stereocenters. The van der Waals surface area contributed by atoms with E-state index in [2.05, 4.69) is 15.9 Å². The predicted molar refractivity (Wildman–Crippen MR) is 71.7 cm³/mol. The minimum Gasteiger partial charge on any atom is -0.478 e. The van der Waals surface area contributed by atoms with Crippen LogP contribution in [0.2, 0.25) is 0 Å². The Morgan fingerprint density at radius 3 is 2.74 bits per heavy atom. The molecule has 0 saturated carbocycles. The van der Waals surface area contributed by atoms with Gasteiger partial charge in [0.2, 0.25) is 15.5 Å². The van der Waals surface area contributed by atoms with Gasteiger partial charge in [-0.1, -0.05) is 15.9 Å². The normalized spacial score (nSPS) is 18.6. The molecule has 3 N–H and O–H groups in total. The molecule has 6 nitrogen and oxygen atoms in total. The summed E-state index contributed by atoms with van der Waals surface area (Å²) < 4.78 is 28.7. The highest BCUT2D eigenvalue weighted by Gasteiger charge is 2.33. The van der Waals surface area contributed by atoms with Crippen LogP contribution < -0.4 is 9.88 Å². The zero-order chi connectivity index (χ0) is 14.4. The van der Waals surface area contributed by atoms with Gasteiger partial charge < -0.3 is 9.84 Å². The van der Waals surface area contributed by atoms with Gasteiger partial charge in [-0.15, -0.1) is 0 Å². The van der Waals surface area contributed by atoms with Crippen LogP contribution in [0.5, 0.6) is 5.75 Å². The van der Waals surface area contributed by atoms with Gasteiger partial charge in [0, 0.05) is 16.5 Å². The Kier molecular flexibility index (Phi) is 3.59. The molecule has 1 aliphatic rings. The summed E-state index contributed by atoms with van der Waals surface area (Å²) >= 11 is 3.37. The lowest BCUT2D eigenvalue weighted by atomic mass is 9.99. The molecule has 0 saturated heterocycles. The van der Waals surface area contributed by atoms with Gasteiger partial charge in [0.1, 0.15) is 11.3 Å². The van der Waals surface area contributed by atoms with E-state index in [9.17, 15) is 13.2 Å². The maximum atomic E-state index is 11.3. The highest BCUT2D eigenvalue weighted by molar-refractivity contribution is 9.10. The topological polar surface area (TPSA) is 107 Å². The van der Waals surface area contributed by atoms with Crippen LogP contribution in [0.4, 0.5) is 0 Å². The molecular formula is C11H12BrNO5S. The number of hydrogen-bond acceptors (Lipinski definition) is 4. The lowest BCUT2D eigenvalue weighted by Gasteiger charge is -2.27. The molecule has 0 spiro atoms. The molecule has 0 amide bonds. The average Bonchev–Trinajstić information content (AvgIpc) is 2.31. The van der Waals surface area contributed by atoms with Gasteiger partial charge in [0.15, 0.2) is 0 Å². The number of sulfonamides is 1. The van der Waals surface area contributed by atoms with E-state index in [4.69, 9.17) is 15.0 Å². The Morgan fingerprint density at radius 2 is 2.21 bits per heavy atom. The summed E-state index contributed by atoms with van der Waals surface area (Å²) in [7, 11) is -3.86. The molecular weight excluding hydrogens is 338 g/mol. The van der Waals surface area contributed by atoms with E-state index in [0.717, 1.165) is 10.0 Å². The molecule has 1 aromatic carbocycles. The second kappa shape index (κ2) is 4.77. The number of aromatic carboxylic acids is 1. The first-order valence-corrected chi connectivity index (χ1v) is 7.85. The van der Waals surface area contributed by atoms with Gasteiger partial charge >= 0.3 is 5.97 Å². The lowest BCUT2D eigenvalue weighted by molar-refractivity contribution is 0.0689. The molecule has 1 aromatic rings. The summed E-state index contributed by atoms with van der Waals surface area (Å²) in [4.78, 5) is 11.2. The van der Waals surface area contributed by atoms with E-state index in [1.54, 1.807) is 6.92 Å². The molecule has 1 heterocycles. The fraction of sp³-hybridized carbons (Fsp3) is 0.364. The monoisotopic (exact) mass is 349 g/mol. The largest absolute Gasteiger partial charge is 0.478 e. The van der Waals surface area contributed by atoms with Gasteiger partial charge in [0.05, 0.1) is 0 Å². The Bertz CT molecular complexity index is 656. The zero-order valence-corrected chi connectivity index (χ0v) is 12.4. The number of benzene rings is 1. The first kappa shape index (κ1) is 14.3. The highest BCUT2D eigenvalue weighted by Crippen LogP contribution is 2.39. The predicted octanol–water partition coefficient (Wildman–Crippen LogP) is 1.40. The molecule has 1 unspecified atom stereocenters. The lowest BCUT2D eigenvalue weighted by Crippen LogP contribution is -2.37. The van der Waals surface area contributed by atoms with E-state index < -0.39 is 21.4 Å². The van der Waals surface area contributed by atoms with Crippen molar-refractivity contribution in [2.75, 3.05) is 0 Å². The molecule has 0 radical (unpaired) electrons. The number of nitrogens with two attached hydrogens (primary N) is 1. The van der Waals surface area contributed by atoms with E-state index in [1.165, 1.54) is 6.07 Å². The molecule has 19 heavy (non-hydrogen) atoms. The van der Waals surface area contributed by atoms with Crippen molar-refractivity contribution in [1.82, 2.24) is 0 Å². The number of carbonyl (C=O) groups is 1. The van der Waals surface area contributed by atoms with Crippen LogP contribution in [0.25, 0.3) is 0 Å². The molecule has 0 aliphatic carbocycles. The number of carboxylic acid groups (broad SMARTS) is 1. The quantitative estimate of drug-likeness (QED) is 0.838. The van der Waals surface area contributed by atoms with Crippen molar-refractivity contribution in [3.8, 4) is 5.75 Å². The zero-order valence-electron chi connectivity index (χ0n) is 10.0. The summed E-state index contributed by atoms with van der Waals surface area (Å²) in [5, 5.41) is 14.2. The van der Waals surface area contributed by atoms with Crippen molar-refractivity contribution in [1.29, 1.82) is 0 Å². The highest BCUT2D eigenvalue weighted by atomic mass is 79.9. The summed E-state index contributed by atoms with van der Waals surface area (Å²) in [6, 6.07) is 1.44. The van der Waals surface area contributed by atoms with Gasteiger partial charge in [0.25, 0.3) is 0 Å². The van der Waals surface area contributed by atoms with Crippen LogP contribution in [0, 0.1) is 6.92 Å². The fourth-order valence-corrected chi connectivity index (χ4v) is 3.22. The molecule has 104 valence electrons. The number of carboxylic acids is 1. The number of halogens is 1. The van der Waals surface area contributed by atoms with Gasteiger partial charge in [-0.05, 0) is 25.0 Å². The third-order valence-corrected chi connectivity index (χ3v) is 5.14. The van der Waals surface area contributed by atoms with Crippen molar-refractivity contribution in [2.45, 2.75) is 25.2 Å². The van der Waals surface area contributed by atoms with Crippen LogP contribution in [-0.4, -0.2) is 24.9 Å². The Morgan fingerprint density at radius 1 is 1.58 bits per heavy atom. The summed E-state index contributed by atoms with van der Waals surface area (Å²) in [6.45, 7) is 1.77. The smallest absolute Gasteiger partial charge is 0.339 e. The van der Waals surface area contributed by atoms with Gasteiger partial charge in [-0.25, -0.2) is 18.4 Å². The first-order valence-electron chi connectivity index (χ1n) is 5.45. The maximum Gasteiger partial charge on any atom is 0.339 e. The van der Waals surface area contributed by atoms with E-state index in [1.807, 2.05) is 0 Å². The molecule has 8 heteroatoms. The van der Waals surface area contributed by atoms with Crippen LogP contribution in [-0.2, 0) is 16.4 Å². The number of primary sulfonamides is 1. The van der Waals surface area contributed by atoms with E-state index in [-0.39, 0.29) is 17.7 Å². The molecule has 1 aliphatic heterocycles. The van der Waals surface area contributed by atoms with E-state index in [0.29, 0.717) is 12.0 Å². The summed E-state index contributed by atoms with van der Waals surface area (Å²) in [6.07, 6.45) is 0.589. The van der Waals surface area contributed by atoms with Crippen molar-refractivity contribution >= 4 is 31.9 Å². The SMILES string of the molecule is Cc1cc(C(=O)O)c2c(c1Br)CCC(S(N)(=O)=O)O2. The third-order valence-electron chi connectivity index (χ3n) is 2.97. The Hall–Kier alpha value is -1.12. The minimum absolute atomic E-state index is 0.0518. The number of rotatable bonds is 2. The molecule has 0 fully saturated rings. The van der Waals surface area contributed by atoms with Crippen molar-refractivity contribution in [3.05, 3.63) is 27.2 Å². The number of aryl methyl sites for hydroxylation is 1.